The molecule has 1 saturated heterocycles. The minimum Gasteiger partial charge on any atom is -0.381 e. The van der Waals surface area contributed by atoms with Crippen LogP contribution < -0.4 is 16.0 Å². The lowest BCUT2D eigenvalue weighted by atomic mass is 10.1. The molecule has 0 aromatic heterocycles. The molecule has 0 bridgehead atoms. The van der Waals surface area contributed by atoms with Crippen molar-refractivity contribution in [3.63, 3.8) is 0 Å². The van der Waals surface area contributed by atoms with Gasteiger partial charge in [0.15, 0.2) is 5.96 Å². The minimum atomic E-state index is -0.114. The van der Waals surface area contributed by atoms with Gasteiger partial charge in [-0.25, -0.2) is 0 Å². The maximum absolute atomic E-state index is 12.5. The minimum absolute atomic E-state index is 0. The Bertz CT molecular complexity index is 682. The fourth-order valence-electron chi connectivity index (χ4n) is 2.90. The summed E-state index contributed by atoms with van der Waals surface area (Å²) in [5.74, 6) is 0.507. The van der Waals surface area contributed by atoms with E-state index in [1.165, 1.54) is 0 Å². The first-order chi connectivity index (χ1) is 14.1. The van der Waals surface area contributed by atoms with Crippen LogP contribution in [0.25, 0.3) is 0 Å². The smallest absolute Gasteiger partial charge is 0.254 e. The highest BCUT2D eigenvalue weighted by Crippen LogP contribution is 2.09. The number of hydrogen-bond donors (Lipinski definition) is 3. The van der Waals surface area contributed by atoms with Crippen LogP contribution in [0.4, 0.5) is 0 Å². The molecule has 1 heterocycles. The number of guanidine groups is 1. The van der Waals surface area contributed by atoms with Gasteiger partial charge in [0.05, 0.1) is 6.54 Å². The Balaban J connectivity index is 0.00000450. The zero-order chi connectivity index (χ0) is 20.9. The maximum Gasteiger partial charge on any atom is 0.254 e. The molecule has 2 rings (SSSR count). The number of carbonyl (C=O) groups is 2. The number of nitrogens with zero attached hydrogens (tertiary/aromatic N) is 2. The van der Waals surface area contributed by atoms with Gasteiger partial charge in [-0.05, 0) is 30.5 Å². The van der Waals surface area contributed by atoms with Crippen molar-refractivity contribution in [3.8, 4) is 0 Å². The topological polar surface area (TPSA) is 95.1 Å². The molecule has 0 aliphatic carbocycles. The van der Waals surface area contributed by atoms with E-state index in [1.54, 1.807) is 24.1 Å². The number of piperazine rings is 1. The summed E-state index contributed by atoms with van der Waals surface area (Å²) in [6.45, 7) is 6.29. The van der Waals surface area contributed by atoms with Crippen LogP contribution >= 0.6 is 24.0 Å². The van der Waals surface area contributed by atoms with Gasteiger partial charge in [-0.3, -0.25) is 14.6 Å². The second kappa shape index (κ2) is 15.0. The Morgan fingerprint density at radius 3 is 2.60 bits per heavy atom. The van der Waals surface area contributed by atoms with Crippen LogP contribution in [0.1, 0.15) is 42.1 Å². The molecule has 0 unspecified atom stereocenters. The molecule has 3 N–H and O–H groups in total. The van der Waals surface area contributed by atoms with Gasteiger partial charge in [-0.1, -0.05) is 25.5 Å². The number of benzene rings is 1. The number of unbranched alkanes of at least 4 members (excludes halogenated alkanes) is 1. The molecule has 0 saturated carbocycles. The molecular weight excluding hydrogens is 497 g/mol. The van der Waals surface area contributed by atoms with E-state index < -0.39 is 0 Å². The van der Waals surface area contributed by atoms with Crippen molar-refractivity contribution in [1.29, 1.82) is 0 Å². The predicted octanol–water partition coefficient (Wildman–Crippen LogP) is 1.75. The Hall–Kier alpha value is -1.88. The van der Waals surface area contributed by atoms with Gasteiger partial charge in [0.2, 0.25) is 5.91 Å². The Morgan fingerprint density at radius 2 is 1.93 bits per heavy atom. The van der Waals surface area contributed by atoms with Gasteiger partial charge in [0.1, 0.15) is 0 Å². The first kappa shape index (κ1) is 26.2. The highest BCUT2D eigenvalue weighted by Gasteiger charge is 2.22. The summed E-state index contributed by atoms with van der Waals surface area (Å²) in [5.41, 5.74) is 1.64. The fourth-order valence-corrected chi connectivity index (χ4v) is 2.90. The molecule has 1 aromatic carbocycles. The molecule has 1 fully saturated rings. The van der Waals surface area contributed by atoms with E-state index in [0.717, 1.165) is 50.5 Å². The van der Waals surface area contributed by atoms with Crippen LogP contribution in [0, 0.1) is 0 Å². The van der Waals surface area contributed by atoms with Crippen LogP contribution in [0.5, 0.6) is 0 Å². The summed E-state index contributed by atoms with van der Waals surface area (Å²) in [5, 5.41) is 9.26. The van der Waals surface area contributed by atoms with Crippen molar-refractivity contribution >= 4 is 41.8 Å². The molecule has 0 spiro atoms. The Kier molecular flexibility index (Phi) is 13.1. The van der Waals surface area contributed by atoms with Crippen LogP contribution in [0.3, 0.4) is 0 Å². The van der Waals surface area contributed by atoms with Gasteiger partial charge >= 0.3 is 0 Å². The first-order valence-electron chi connectivity index (χ1n) is 10.3. The van der Waals surface area contributed by atoms with E-state index in [-0.39, 0.29) is 42.3 Å². The highest BCUT2D eigenvalue weighted by atomic mass is 127. The average molecular weight is 531 g/mol. The van der Waals surface area contributed by atoms with E-state index in [1.807, 2.05) is 12.1 Å². The third kappa shape index (κ3) is 9.29. The van der Waals surface area contributed by atoms with E-state index in [0.29, 0.717) is 25.2 Å². The molecule has 168 valence electrons. The number of amides is 2. The third-order valence-corrected chi connectivity index (χ3v) is 4.61. The zero-order valence-corrected chi connectivity index (χ0v) is 20.2. The van der Waals surface area contributed by atoms with Gasteiger partial charge < -0.3 is 25.6 Å². The average Bonchev–Trinajstić information content (AvgIpc) is 2.75. The number of rotatable bonds is 10. The molecule has 0 atom stereocenters. The maximum atomic E-state index is 12.5. The van der Waals surface area contributed by atoms with Crippen molar-refractivity contribution in [2.45, 2.75) is 32.7 Å². The van der Waals surface area contributed by atoms with Crippen LogP contribution in [0.2, 0.25) is 0 Å². The lowest BCUT2D eigenvalue weighted by molar-refractivity contribution is -0.123. The van der Waals surface area contributed by atoms with Gasteiger partial charge in [0.25, 0.3) is 5.91 Å². The first-order valence-corrected chi connectivity index (χ1v) is 10.3. The van der Waals surface area contributed by atoms with Gasteiger partial charge in [-0.15, -0.1) is 24.0 Å². The third-order valence-electron chi connectivity index (χ3n) is 4.61. The number of ether oxygens (including phenoxy) is 1. The largest absolute Gasteiger partial charge is 0.381 e. The molecule has 1 aliphatic rings. The summed E-state index contributed by atoms with van der Waals surface area (Å²) >= 11 is 0. The number of aliphatic imine (C=N–C) groups is 1. The van der Waals surface area contributed by atoms with Crippen LogP contribution in [-0.2, 0) is 16.1 Å². The van der Waals surface area contributed by atoms with Crippen molar-refractivity contribution in [1.82, 2.24) is 20.9 Å². The van der Waals surface area contributed by atoms with Crippen LogP contribution in [-0.4, -0.2) is 69.1 Å². The summed E-state index contributed by atoms with van der Waals surface area (Å²) in [4.78, 5) is 29.7. The van der Waals surface area contributed by atoms with E-state index >= 15 is 0 Å². The van der Waals surface area contributed by atoms with Gasteiger partial charge in [-0.2, -0.15) is 0 Å². The molecule has 2 amide bonds. The normalized spacial score (nSPS) is 14.0. The van der Waals surface area contributed by atoms with Gasteiger partial charge in [0, 0.05) is 52.0 Å². The summed E-state index contributed by atoms with van der Waals surface area (Å²) in [6.07, 6.45) is 3.18. The molecule has 8 nitrogen and oxygen atoms in total. The number of halogens is 1. The SMILES string of the molecule is CCCCOCCCNC(=NC)NCc1ccc(C(=O)N2CCNC(=O)C2)cc1.I. The Morgan fingerprint density at radius 1 is 1.20 bits per heavy atom. The quantitative estimate of drug-likeness (QED) is 0.185. The summed E-state index contributed by atoms with van der Waals surface area (Å²) < 4.78 is 5.55. The summed E-state index contributed by atoms with van der Waals surface area (Å²) in [7, 11) is 1.74. The van der Waals surface area contributed by atoms with Crippen molar-refractivity contribution < 1.29 is 14.3 Å². The van der Waals surface area contributed by atoms with E-state index in [2.05, 4.69) is 27.9 Å². The van der Waals surface area contributed by atoms with E-state index in [9.17, 15) is 9.59 Å². The van der Waals surface area contributed by atoms with Crippen molar-refractivity contribution in [2.75, 3.05) is 46.4 Å². The lowest BCUT2D eigenvalue weighted by Gasteiger charge is -2.26. The van der Waals surface area contributed by atoms with Crippen molar-refractivity contribution in [2.24, 2.45) is 4.99 Å². The van der Waals surface area contributed by atoms with E-state index in [4.69, 9.17) is 4.74 Å². The molecular formula is C21H34IN5O3. The lowest BCUT2D eigenvalue weighted by Crippen LogP contribution is -2.49. The molecule has 1 aromatic rings. The zero-order valence-electron chi connectivity index (χ0n) is 17.9. The molecule has 0 radical (unpaired) electrons. The second-order valence-corrected chi connectivity index (χ2v) is 6.95. The second-order valence-electron chi connectivity index (χ2n) is 6.95. The molecule has 9 heteroatoms. The Labute approximate surface area is 196 Å². The number of carbonyl (C=O) groups excluding carboxylic acids is 2. The fraction of sp³-hybridized carbons (Fsp3) is 0.571. The molecule has 1 aliphatic heterocycles. The summed E-state index contributed by atoms with van der Waals surface area (Å²) in [6, 6.07) is 7.43. The predicted molar refractivity (Wildman–Crippen MR) is 129 cm³/mol. The van der Waals surface area contributed by atoms with Crippen LogP contribution in [0.15, 0.2) is 29.3 Å². The number of hydrogen-bond acceptors (Lipinski definition) is 4. The standard InChI is InChI=1S/C21H33N5O3.HI/c1-3-4-13-29-14-5-10-24-21(22-2)25-15-17-6-8-18(9-7-17)20(28)26-12-11-23-19(27)16-26;/h6-9H,3-5,10-16H2,1-2H3,(H,23,27)(H2,22,24,25);1H. The highest BCUT2D eigenvalue weighted by molar-refractivity contribution is 14.0. The monoisotopic (exact) mass is 531 g/mol. The molecule has 30 heavy (non-hydrogen) atoms. The van der Waals surface area contributed by atoms with Crippen molar-refractivity contribution in [3.05, 3.63) is 35.4 Å². The number of nitrogens with one attached hydrogen (secondary N) is 3.